The minimum Gasteiger partial charge on any atom is -0.318 e. The van der Waals surface area contributed by atoms with Crippen LogP contribution in [0.25, 0.3) is 5.69 Å². The number of hydrogen-bond donors (Lipinski definition) is 1. The summed E-state index contributed by atoms with van der Waals surface area (Å²) < 4.78 is 2.03. The van der Waals surface area contributed by atoms with Crippen LogP contribution in [0.5, 0.6) is 0 Å². The lowest BCUT2D eigenvalue weighted by Gasteiger charge is -2.24. The highest BCUT2D eigenvalue weighted by molar-refractivity contribution is 5.85. The third-order valence-electron chi connectivity index (χ3n) is 4.06. The van der Waals surface area contributed by atoms with E-state index in [1.54, 1.807) is 6.20 Å². The standard InChI is InChI=1S/C16H22N4.ClH/c1-17-11-16-3-2-9-19(16)12-14-4-6-15(7-5-14)20-10-8-18-13-20;/h4-8,10,13,16-17H,2-3,9,11-12H2,1H3;1H. The smallest absolute Gasteiger partial charge is 0.0991 e. The molecule has 0 saturated carbocycles. The Balaban J connectivity index is 0.00000161. The molecule has 1 unspecified atom stereocenters. The molecule has 1 fully saturated rings. The molecule has 1 aromatic heterocycles. The van der Waals surface area contributed by atoms with Gasteiger partial charge in [-0.05, 0) is 44.1 Å². The first-order chi connectivity index (χ1) is 9.86. The van der Waals surface area contributed by atoms with Crippen molar-refractivity contribution in [2.45, 2.75) is 25.4 Å². The van der Waals surface area contributed by atoms with E-state index in [0.29, 0.717) is 6.04 Å². The van der Waals surface area contributed by atoms with Gasteiger partial charge in [-0.25, -0.2) is 4.98 Å². The fourth-order valence-corrected chi connectivity index (χ4v) is 2.99. The number of benzene rings is 1. The predicted molar refractivity (Wildman–Crippen MR) is 88.2 cm³/mol. The zero-order valence-corrected chi connectivity index (χ0v) is 13.2. The van der Waals surface area contributed by atoms with Gasteiger partial charge in [-0.1, -0.05) is 12.1 Å². The van der Waals surface area contributed by atoms with Gasteiger partial charge in [0.25, 0.3) is 0 Å². The normalized spacial score (nSPS) is 18.6. The number of nitrogens with one attached hydrogen (secondary N) is 1. The molecule has 0 amide bonds. The predicted octanol–water partition coefficient (Wildman–Crippen LogP) is 2.48. The van der Waals surface area contributed by atoms with Gasteiger partial charge >= 0.3 is 0 Å². The first-order valence-electron chi connectivity index (χ1n) is 7.33. The molecule has 5 heteroatoms. The lowest BCUT2D eigenvalue weighted by atomic mass is 10.1. The molecule has 1 atom stereocenters. The van der Waals surface area contributed by atoms with Crippen molar-refractivity contribution in [3.05, 3.63) is 48.5 Å². The van der Waals surface area contributed by atoms with Gasteiger partial charge < -0.3 is 9.88 Å². The Hall–Kier alpha value is -1.36. The van der Waals surface area contributed by atoms with E-state index in [1.165, 1.54) is 30.6 Å². The summed E-state index contributed by atoms with van der Waals surface area (Å²) in [5.41, 5.74) is 2.55. The first kappa shape index (κ1) is 16.0. The Labute approximate surface area is 132 Å². The average molecular weight is 307 g/mol. The first-order valence-corrected chi connectivity index (χ1v) is 7.33. The van der Waals surface area contributed by atoms with Crippen molar-refractivity contribution in [3.8, 4) is 5.69 Å². The molecule has 1 saturated heterocycles. The Morgan fingerprint density at radius 1 is 1.29 bits per heavy atom. The number of likely N-dealkylation sites (tertiary alicyclic amines) is 1. The van der Waals surface area contributed by atoms with Gasteiger partial charge in [-0.15, -0.1) is 12.4 Å². The van der Waals surface area contributed by atoms with Crippen LogP contribution < -0.4 is 5.32 Å². The van der Waals surface area contributed by atoms with Crippen molar-refractivity contribution in [1.29, 1.82) is 0 Å². The van der Waals surface area contributed by atoms with Crippen LogP contribution in [0, 0.1) is 0 Å². The molecular formula is C16H23ClN4. The van der Waals surface area contributed by atoms with E-state index in [0.717, 1.165) is 13.1 Å². The van der Waals surface area contributed by atoms with Crippen LogP contribution in [-0.4, -0.2) is 40.6 Å². The Morgan fingerprint density at radius 2 is 2.10 bits per heavy atom. The zero-order valence-electron chi connectivity index (χ0n) is 12.4. The summed E-state index contributed by atoms with van der Waals surface area (Å²) in [6.07, 6.45) is 8.24. The number of rotatable bonds is 5. The molecule has 2 aromatic rings. The highest BCUT2D eigenvalue weighted by Gasteiger charge is 2.23. The molecule has 21 heavy (non-hydrogen) atoms. The molecule has 0 bridgehead atoms. The minimum atomic E-state index is 0. The molecule has 0 radical (unpaired) electrons. The Kier molecular flexibility index (Phi) is 5.79. The van der Waals surface area contributed by atoms with Crippen LogP contribution in [-0.2, 0) is 6.54 Å². The largest absolute Gasteiger partial charge is 0.318 e. The van der Waals surface area contributed by atoms with Crippen LogP contribution >= 0.6 is 12.4 Å². The van der Waals surface area contributed by atoms with Gasteiger partial charge in [0.2, 0.25) is 0 Å². The summed E-state index contributed by atoms with van der Waals surface area (Å²) in [6.45, 7) is 3.36. The monoisotopic (exact) mass is 306 g/mol. The second-order valence-electron chi connectivity index (χ2n) is 5.46. The molecule has 1 aliphatic rings. The van der Waals surface area contributed by atoms with E-state index < -0.39 is 0 Å². The molecule has 4 nitrogen and oxygen atoms in total. The minimum absolute atomic E-state index is 0. The van der Waals surface area contributed by atoms with Crippen molar-refractivity contribution in [1.82, 2.24) is 19.8 Å². The van der Waals surface area contributed by atoms with E-state index in [4.69, 9.17) is 0 Å². The van der Waals surface area contributed by atoms with Crippen LogP contribution in [0.4, 0.5) is 0 Å². The Morgan fingerprint density at radius 3 is 2.76 bits per heavy atom. The molecule has 2 heterocycles. The van der Waals surface area contributed by atoms with Gasteiger partial charge in [0.1, 0.15) is 0 Å². The fourth-order valence-electron chi connectivity index (χ4n) is 2.99. The number of aromatic nitrogens is 2. The van der Waals surface area contributed by atoms with Crippen LogP contribution in [0.15, 0.2) is 43.0 Å². The van der Waals surface area contributed by atoms with E-state index >= 15 is 0 Å². The number of halogens is 1. The maximum atomic E-state index is 4.08. The van der Waals surface area contributed by atoms with Crippen LogP contribution in [0.2, 0.25) is 0 Å². The summed E-state index contributed by atoms with van der Waals surface area (Å²) in [5.74, 6) is 0. The number of hydrogen-bond acceptors (Lipinski definition) is 3. The SMILES string of the molecule is CNCC1CCCN1Cc1ccc(-n2ccnc2)cc1.Cl. The van der Waals surface area contributed by atoms with Gasteiger partial charge in [0.15, 0.2) is 0 Å². The van der Waals surface area contributed by atoms with Crippen molar-refractivity contribution < 1.29 is 0 Å². The van der Waals surface area contributed by atoms with E-state index in [2.05, 4.69) is 39.5 Å². The summed E-state index contributed by atoms with van der Waals surface area (Å²) in [4.78, 5) is 6.67. The Bertz CT molecular complexity index is 524. The topological polar surface area (TPSA) is 33.1 Å². The second kappa shape index (κ2) is 7.59. The van der Waals surface area contributed by atoms with Gasteiger partial charge in [0.05, 0.1) is 6.33 Å². The van der Waals surface area contributed by atoms with Crippen molar-refractivity contribution in [2.75, 3.05) is 20.1 Å². The lowest BCUT2D eigenvalue weighted by molar-refractivity contribution is 0.242. The molecule has 1 N–H and O–H groups in total. The van der Waals surface area contributed by atoms with Gasteiger partial charge in [0, 0.05) is 37.2 Å². The lowest BCUT2D eigenvalue weighted by Crippen LogP contribution is -2.36. The van der Waals surface area contributed by atoms with Gasteiger partial charge in [-0.3, -0.25) is 4.90 Å². The third kappa shape index (κ3) is 3.84. The van der Waals surface area contributed by atoms with Crippen molar-refractivity contribution in [2.24, 2.45) is 0 Å². The molecule has 114 valence electrons. The summed E-state index contributed by atoms with van der Waals surface area (Å²) in [5, 5.41) is 3.30. The van der Waals surface area contributed by atoms with Crippen LogP contribution in [0.3, 0.4) is 0 Å². The molecule has 3 rings (SSSR count). The average Bonchev–Trinajstić information content (AvgIpc) is 3.13. The van der Waals surface area contributed by atoms with Crippen molar-refractivity contribution >= 4 is 12.4 Å². The highest BCUT2D eigenvalue weighted by Crippen LogP contribution is 2.20. The number of imidazole rings is 1. The summed E-state index contributed by atoms with van der Waals surface area (Å²) >= 11 is 0. The van der Waals surface area contributed by atoms with E-state index in [9.17, 15) is 0 Å². The molecule has 1 aromatic carbocycles. The number of likely N-dealkylation sites (N-methyl/N-ethyl adjacent to an activating group) is 1. The zero-order chi connectivity index (χ0) is 13.8. The van der Waals surface area contributed by atoms with Gasteiger partial charge in [-0.2, -0.15) is 0 Å². The maximum Gasteiger partial charge on any atom is 0.0991 e. The molecule has 0 spiro atoms. The summed E-state index contributed by atoms with van der Waals surface area (Å²) in [6, 6.07) is 9.47. The van der Waals surface area contributed by atoms with Crippen molar-refractivity contribution in [3.63, 3.8) is 0 Å². The fraction of sp³-hybridized carbons (Fsp3) is 0.438. The van der Waals surface area contributed by atoms with Crippen LogP contribution in [0.1, 0.15) is 18.4 Å². The molecule has 0 aliphatic carbocycles. The number of nitrogens with zero attached hydrogens (tertiary/aromatic N) is 3. The molecule has 1 aliphatic heterocycles. The van der Waals surface area contributed by atoms with E-state index in [-0.39, 0.29) is 12.4 Å². The highest BCUT2D eigenvalue weighted by atomic mass is 35.5. The maximum absolute atomic E-state index is 4.08. The van der Waals surface area contributed by atoms with E-state index in [1.807, 2.05) is 24.1 Å². The molecular weight excluding hydrogens is 284 g/mol. The quantitative estimate of drug-likeness (QED) is 0.921. The second-order valence-corrected chi connectivity index (χ2v) is 5.46. The third-order valence-corrected chi connectivity index (χ3v) is 4.06. The summed E-state index contributed by atoms with van der Waals surface area (Å²) in [7, 11) is 2.04.